The molecular formula is C17H21ClN4O. The van der Waals surface area contributed by atoms with Crippen LogP contribution in [0.2, 0.25) is 5.02 Å². The first-order chi connectivity index (χ1) is 11.1. The number of hydrogen-bond acceptors (Lipinski definition) is 2. The molecule has 3 rings (SSSR count). The number of H-pyrrole nitrogens is 1. The average Bonchev–Trinajstić information content (AvgIpc) is 2.99. The number of benzene rings is 1. The molecule has 1 aromatic heterocycles. The highest BCUT2D eigenvalue weighted by Crippen LogP contribution is 2.30. The number of amides is 2. The minimum atomic E-state index is 0.0962. The molecule has 2 amide bonds. The van der Waals surface area contributed by atoms with Crippen LogP contribution >= 0.6 is 11.6 Å². The van der Waals surface area contributed by atoms with Gasteiger partial charge in [-0.1, -0.05) is 23.7 Å². The molecule has 23 heavy (non-hydrogen) atoms. The van der Waals surface area contributed by atoms with Crippen LogP contribution in [0.25, 0.3) is 11.3 Å². The van der Waals surface area contributed by atoms with Crippen LogP contribution in [0.1, 0.15) is 25.1 Å². The van der Waals surface area contributed by atoms with Crippen molar-refractivity contribution in [2.45, 2.75) is 26.8 Å². The second-order valence-electron chi connectivity index (χ2n) is 5.67. The summed E-state index contributed by atoms with van der Waals surface area (Å²) in [5.41, 5.74) is 4.08. The summed E-state index contributed by atoms with van der Waals surface area (Å²) in [6.07, 6.45) is 0.801. The number of urea groups is 1. The van der Waals surface area contributed by atoms with Gasteiger partial charge >= 0.3 is 6.03 Å². The number of fused-ring (bicyclic) bond motifs is 1. The van der Waals surface area contributed by atoms with E-state index in [1.165, 1.54) is 0 Å². The molecule has 0 saturated heterocycles. The minimum Gasteiger partial charge on any atom is -0.325 e. The Morgan fingerprint density at radius 1 is 1.39 bits per heavy atom. The number of carbonyl (C=O) groups is 1. The lowest BCUT2D eigenvalue weighted by Gasteiger charge is -2.32. The lowest BCUT2D eigenvalue weighted by molar-refractivity contribution is 0.152. The van der Waals surface area contributed by atoms with Gasteiger partial charge in [-0.15, -0.1) is 0 Å². The molecule has 122 valence electrons. The highest BCUT2D eigenvalue weighted by atomic mass is 35.5. The van der Waals surface area contributed by atoms with E-state index in [4.69, 9.17) is 11.6 Å². The maximum Gasteiger partial charge on any atom is 0.320 e. The van der Waals surface area contributed by atoms with Crippen LogP contribution in [0.3, 0.4) is 0 Å². The molecule has 2 heterocycles. The maximum absolute atomic E-state index is 12.6. The Labute approximate surface area is 141 Å². The quantitative estimate of drug-likeness (QED) is 0.934. The van der Waals surface area contributed by atoms with Crippen LogP contribution in [-0.2, 0) is 13.0 Å². The Balaban J connectivity index is 1.88. The van der Waals surface area contributed by atoms with E-state index in [-0.39, 0.29) is 6.03 Å². The first-order valence-electron chi connectivity index (χ1n) is 8.00. The SMILES string of the molecule is CCN(CC)C(=O)N1CCc2[nH]nc(-c3cccc(Cl)c3)c2C1. The summed E-state index contributed by atoms with van der Waals surface area (Å²) in [4.78, 5) is 16.3. The fourth-order valence-corrected chi connectivity index (χ4v) is 3.22. The van der Waals surface area contributed by atoms with E-state index in [9.17, 15) is 4.79 Å². The maximum atomic E-state index is 12.6. The van der Waals surface area contributed by atoms with Crippen LogP contribution in [-0.4, -0.2) is 45.7 Å². The van der Waals surface area contributed by atoms with Crippen molar-refractivity contribution in [2.75, 3.05) is 19.6 Å². The van der Waals surface area contributed by atoms with Crippen LogP contribution in [0.4, 0.5) is 4.79 Å². The van der Waals surface area contributed by atoms with E-state index in [2.05, 4.69) is 10.2 Å². The van der Waals surface area contributed by atoms with Crippen molar-refractivity contribution >= 4 is 17.6 Å². The van der Waals surface area contributed by atoms with Crippen LogP contribution in [0.15, 0.2) is 24.3 Å². The molecule has 0 aliphatic carbocycles. The van der Waals surface area contributed by atoms with E-state index in [1.807, 2.05) is 47.9 Å². The standard InChI is InChI=1S/C17H21ClN4O/c1-3-21(4-2)17(23)22-9-8-15-14(11-22)16(20-19-15)12-6-5-7-13(18)10-12/h5-7,10H,3-4,8-9,11H2,1-2H3,(H,19,20). The molecule has 1 aliphatic heterocycles. The number of rotatable bonds is 3. The minimum absolute atomic E-state index is 0.0962. The van der Waals surface area contributed by atoms with Crippen molar-refractivity contribution in [1.29, 1.82) is 0 Å². The van der Waals surface area contributed by atoms with Gasteiger partial charge in [0.2, 0.25) is 0 Å². The molecule has 0 atom stereocenters. The third-order valence-electron chi connectivity index (χ3n) is 4.34. The molecule has 5 nitrogen and oxygen atoms in total. The van der Waals surface area contributed by atoms with Gasteiger partial charge < -0.3 is 9.80 Å². The highest BCUT2D eigenvalue weighted by Gasteiger charge is 2.27. The lowest BCUT2D eigenvalue weighted by atomic mass is 10.0. The second kappa shape index (κ2) is 6.62. The predicted octanol–water partition coefficient (Wildman–Crippen LogP) is 3.55. The molecule has 0 bridgehead atoms. The highest BCUT2D eigenvalue weighted by molar-refractivity contribution is 6.30. The van der Waals surface area contributed by atoms with Gasteiger partial charge in [0.05, 0.1) is 12.2 Å². The summed E-state index contributed by atoms with van der Waals surface area (Å²) in [6, 6.07) is 7.76. The van der Waals surface area contributed by atoms with Crippen LogP contribution in [0.5, 0.6) is 0 Å². The molecule has 1 aromatic carbocycles. The summed E-state index contributed by atoms with van der Waals surface area (Å²) >= 11 is 6.09. The largest absolute Gasteiger partial charge is 0.325 e. The van der Waals surface area contributed by atoms with Crippen LogP contribution < -0.4 is 0 Å². The van der Waals surface area contributed by atoms with E-state index in [1.54, 1.807) is 0 Å². The zero-order valence-corrected chi connectivity index (χ0v) is 14.2. The van der Waals surface area contributed by atoms with Gasteiger partial charge in [-0.3, -0.25) is 5.10 Å². The Kier molecular flexibility index (Phi) is 4.57. The van der Waals surface area contributed by atoms with E-state index in [0.29, 0.717) is 11.6 Å². The summed E-state index contributed by atoms with van der Waals surface area (Å²) in [5.74, 6) is 0. The zero-order chi connectivity index (χ0) is 16.4. The Morgan fingerprint density at radius 2 is 2.17 bits per heavy atom. The van der Waals surface area contributed by atoms with Gasteiger partial charge in [0.25, 0.3) is 0 Å². The van der Waals surface area contributed by atoms with Crippen molar-refractivity contribution in [3.8, 4) is 11.3 Å². The number of halogens is 1. The number of carbonyl (C=O) groups excluding carboxylic acids is 1. The average molecular weight is 333 g/mol. The van der Waals surface area contributed by atoms with Crippen molar-refractivity contribution < 1.29 is 4.79 Å². The molecule has 0 radical (unpaired) electrons. The lowest BCUT2D eigenvalue weighted by Crippen LogP contribution is -2.45. The molecule has 0 spiro atoms. The smallest absolute Gasteiger partial charge is 0.320 e. The molecule has 2 aromatic rings. The first-order valence-corrected chi connectivity index (χ1v) is 8.37. The molecule has 0 unspecified atom stereocenters. The van der Waals surface area contributed by atoms with Crippen LogP contribution in [0, 0.1) is 0 Å². The van der Waals surface area contributed by atoms with Gasteiger partial charge in [0.15, 0.2) is 0 Å². The van der Waals surface area contributed by atoms with Crippen molar-refractivity contribution in [3.63, 3.8) is 0 Å². The number of hydrogen-bond donors (Lipinski definition) is 1. The second-order valence-corrected chi connectivity index (χ2v) is 6.10. The third kappa shape index (κ3) is 3.06. The van der Waals surface area contributed by atoms with E-state index >= 15 is 0 Å². The molecular weight excluding hydrogens is 312 g/mol. The Hall–Kier alpha value is -2.01. The monoisotopic (exact) mass is 332 g/mol. The number of aromatic nitrogens is 2. The summed E-state index contributed by atoms with van der Waals surface area (Å²) in [7, 11) is 0. The number of nitrogens with one attached hydrogen (secondary N) is 1. The number of nitrogens with zero attached hydrogens (tertiary/aromatic N) is 3. The summed E-state index contributed by atoms with van der Waals surface area (Å²) < 4.78 is 0. The normalized spacial score (nSPS) is 13.8. The Bertz CT molecular complexity index is 708. The molecule has 1 N–H and O–H groups in total. The van der Waals surface area contributed by atoms with Crippen molar-refractivity contribution in [1.82, 2.24) is 20.0 Å². The summed E-state index contributed by atoms with van der Waals surface area (Å²) in [5, 5.41) is 8.26. The molecule has 6 heteroatoms. The fraction of sp³-hybridized carbons (Fsp3) is 0.412. The van der Waals surface area contributed by atoms with E-state index < -0.39 is 0 Å². The van der Waals surface area contributed by atoms with Gasteiger partial charge in [0, 0.05) is 47.9 Å². The van der Waals surface area contributed by atoms with E-state index in [0.717, 1.165) is 48.6 Å². The Morgan fingerprint density at radius 3 is 2.87 bits per heavy atom. The van der Waals surface area contributed by atoms with Gasteiger partial charge in [-0.05, 0) is 26.0 Å². The zero-order valence-electron chi connectivity index (χ0n) is 13.5. The number of aromatic amines is 1. The topological polar surface area (TPSA) is 52.2 Å². The van der Waals surface area contributed by atoms with Crippen molar-refractivity contribution in [2.24, 2.45) is 0 Å². The predicted molar refractivity (Wildman–Crippen MR) is 91.5 cm³/mol. The van der Waals surface area contributed by atoms with Gasteiger partial charge in [-0.2, -0.15) is 5.10 Å². The fourth-order valence-electron chi connectivity index (χ4n) is 3.03. The van der Waals surface area contributed by atoms with Crippen molar-refractivity contribution in [3.05, 3.63) is 40.5 Å². The molecule has 1 aliphatic rings. The summed E-state index contributed by atoms with van der Waals surface area (Å²) in [6.45, 7) is 6.77. The first kappa shape index (κ1) is 15.9. The van der Waals surface area contributed by atoms with Gasteiger partial charge in [-0.25, -0.2) is 4.79 Å². The molecule has 0 fully saturated rings. The van der Waals surface area contributed by atoms with Gasteiger partial charge in [0.1, 0.15) is 0 Å². The molecule has 0 saturated carbocycles. The third-order valence-corrected chi connectivity index (χ3v) is 4.57.